The smallest absolute Gasteiger partial charge is 0.234 e. The highest BCUT2D eigenvalue weighted by molar-refractivity contribution is 6.05. The van der Waals surface area contributed by atoms with Crippen LogP contribution >= 0.6 is 0 Å². The standard InChI is InChI=1S/C39H57N3O4/c1-25-10-17-42(18-11-25)23-31(44)41-24-34(4)13-14-35(5)15-16-38(8)37(7)12-9-27-33(2,3)32(45)26(22-40)20-36(27,6)28(37)19-30(43)39(38,46)29(35)21-34/h19-20,25,27,29,46H,9-18,21,23-24H2,1-8H3,(H,41,44)/t27-,29+,34-,35+,36-,37+,38-,39+/m0/s1. The van der Waals surface area contributed by atoms with E-state index < -0.39 is 27.3 Å². The molecule has 0 aromatic heterocycles. The van der Waals surface area contributed by atoms with Crippen LogP contribution in [0, 0.1) is 61.6 Å². The summed E-state index contributed by atoms with van der Waals surface area (Å²) in [7, 11) is 0. The second-order valence-electron chi connectivity index (χ2n) is 18.4. The maximum absolute atomic E-state index is 14.7. The molecule has 3 saturated carbocycles. The summed E-state index contributed by atoms with van der Waals surface area (Å²) >= 11 is 0. The van der Waals surface area contributed by atoms with Gasteiger partial charge in [0.05, 0.1) is 12.1 Å². The largest absolute Gasteiger partial charge is 0.381 e. The van der Waals surface area contributed by atoms with Gasteiger partial charge in [0.2, 0.25) is 5.91 Å². The Hall–Kier alpha value is -2.30. The molecule has 1 amide bonds. The Balaban J connectivity index is 1.32. The number of aliphatic hydroxyl groups is 1. The van der Waals surface area contributed by atoms with E-state index in [9.17, 15) is 24.8 Å². The van der Waals surface area contributed by atoms with E-state index in [1.54, 1.807) is 6.08 Å². The van der Waals surface area contributed by atoms with E-state index in [1.807, 2.05) is 19.9 Å². The van der Waals surface area contributed by atoms with Gasteiger partial charge in [-0.25, -0.2) is 0 Å². The molecular weight excluding hydrogens is 574 g/mol. The highest BCUT2D eigenvalue weighted by Gasteiger charge is 2.75. The summed E-state index contributed by atoms with van der Waals surface area (Å²) in [5, 5.41) is 26.4. The molecular formula is C39H57N3O4. The molecule has 5 aliphatic carbocycles. The van der Waals surface area contributed by atoms with Gasteiger partial charge in [-0.15, -0.1) is 0 Å². The van der Waals surface area contributed by atoms with Crippen molar-refractivity contribution in [1.29, 1.82) is 5.26 Å². The third-order valence-corrected chi connectivity index (χ3v) is 15.3. The molecule has 0 aromatic carbocycles. The van der Waals surface area contributed by atoms with Crippen LogP contribution in [0.1, 0.15) is 113 Å². The summed E-state index contributed by atoms with van der Waals surface area (Å²) in [4.78, 5) is 43.4. The second-order valence-corrected chi connectivity index (χ2v) is 18.4. The Morgan fingerprint density at radius 2 is 1.63 bits per heavy atom. The number of amides is 1. The first-order valence-electron chi connectivity index (χ1n) is 18.0. The fourth-order valence-electron chi connectivity index (χ4n) is 11.8. The minimum atomic E-state index is -1.54. The Morgan fingerprint density at radius 1 is 0.978 bits per heavy atom. The number of nitrogens with zero attached hydrogens (tertiary/aromatic N) is 2. The molecule has 0 bridgehead atoms. The number of likely N-dealkylation sites (tertiary alicyclic amines) is 1. The normalized spacial score (nSPS) is 45.7. The van der Waals surface area contributed by atoms with Crippen molar-refractivity contribution in [3.8, 4) is 6.07 Å². The van der Waals surface area contributed by atoms with Gasteiger partial charge in [0.1, 0.15) is 11.7 Å². The van der Waals surface area contributed by atoms with Gasteiger partial charge < -0.3 is 10.4 Å². The summed E-state index contributed by atoms with van der Waals surface area (Å²) in [5.41, 5.74) is -3.31. The lowest BCUT2D eigenvalue weighted by atomic mass is 9.33. The average molecular weight is 632 g/mol. The number of carbonyl (C=O) groups is 3. The van der Waals surface area contributed by atoms with Crippen LogP contribution in [0.2, 0.25) is 0 Å². The molecule has 252 valence electrons. The van der Waals surface area contributed by atoms with Crippen LogP contribution < -0.4 is 5.32 Å². The quantitative estimate of drug-likeness (QED) is 0.384. The Bertz CT molecular complexity index is 1450. The predicted molar refractivity (Wildman–Crippen MR) is 178 cm³/mol. The molecule has 0 spiro atoms. The maximum atomic E-state index is 14.7. The SMILES string of the molecule is CC1CCN(CC(=O)NC[C@@]2(C)CC[C@]3(C)CC[C@@]4(C)[C@]5(C)CC[C@H]6C(C)(C)C(=O)C(C#N)=C[C@]6(C)C5=CC(=O)[C@]4(O)[C@@H]3C2)CC1. The number of ketones is 2. The summed E-state index contributed by atoms with van der Waals surface area (Å²) in [5.74, 6) is 0.193. The van der Waals surface area contributed by atoms with Crippen molar-refractivity contribution in [2.75, 3.05) is 26.2 Å². The molecule has 1 saturated heterocycles. The number of Topliss-reactive ketones (excluding diaryl/α,β-unsaturated/α-hetero) is 1. The number of nitriles is 1. The number of hydrogen-bond donors (Lipinski definition) is 2. The molecule has 0 aromatic rings. The number of nitrogens with one attached hydrogen (secondary N) is 1. The van der Waals surface area contributed by atoms with Crippen molar-refractivity contribution in [2.45, 2.75) is 119 Å². The Labute approximate surface area is 276 Å². The van der Waals surface area contributed by atoms with Gasteiger partial charge in [-0.1, -0.05) is 61.5 Å². The molecule has 46 heavy (non-hydrogen) atoms. The molecule has 8 atom stereocenters. The van der Waals surface area contributed by atoms with E-state index in [2.05, 4.69) is 57.8 Å². The van der Waals surface area contributed by atoms with Crippen molar-refractivity contribution >= 4 is 17.5 Å². The molecule has 1 aliphatic heterocycles. The number of hydrogen-bond acceptors (Lipinski definition) is 6. The van der Waals surface area contributed by atoms with Gasteiger partial charge in [-0.05, 0) is 111 Å². The summed E-state index contributed by atoms with van der Waals surface area (Å²) < 4.78 is 0. The predicted octanol–water partition coefficient (Wildman–Crippen LogP) is 6.17. The third kappa shape index (κ3) is 4.51. The molecule has 1 heterocycles. The van der Waals surface area contributed by atoms with Crippen LogP contribution in [0.25, 0.3) is 0 Å². The highest BCUT2D eigenvalue weighted by atomic mass is 16.3. The van der Waals surface area contributed by atoms with Crippen molar-refractivity contribution in [3.05, 3.63) is 23.3 Å². The maximum Gasteiger partial charge on any atom is 0.234 e. The number of piperidine rings is 1. The average Bonchev–Trinajstić information content (AvgIpc) is 3.00. The van der Waals surface area contributed by atoms with E-state index in [0.29, 0.717) is 19.5 Å². The first kappa shape index (κ1) is 33.6. The lowest BCUT2D eigenvalue weighted by Gasteiger charge is -2.71. The fourth-order valence-corrected chi connectivity index (χ4v) is 11.8. The second kappa shape index (κ2) is 10.6. The van der Waals surface area contributed by atoms with Gasteiger partial charge >= 0.3 is 0 Å². The van der Waals surface area contributed by atoms with E-state index in [1.165, 1.54) is 0 Å². The lowest BCUT2D eigenvalue weighted by Crippen LogP contribution is -2.74. The zero-order valence-electron chi connectivity index (χ0n) is 29.6. The van der Waals surface area contributed by atoms with Crippen LogP contribution in [0.5, 0.6) is 0 Å². The van der Waals surface area contributed by atoms with Gasteiger partial charge in [0.15, 0.2) is 11.6 Å². The van der Waals surface area contributed by atoms with Crippen LogP contribution in [0.3, 0.4) is 0 Å². The first-order valence-corrected chi connectivity index (χ1v) is 18.0. The number of carbonyl (C=O) groups excluding carboxylic acids is 3. The van der Waals surface area contributed by atoms with Crippen LogP contribution in [0.15, 0.2) is 23.3 Å². The number of fused-ring (bicyclic) bond motifs is 7. The van der Waals surface area contributed by atoms with Crippen LogP contribution in [-0.4, -0.2) is 59.3 Å². The van der Waals surface area contributed by atoms with E-state index >= 15 is 0 Å². The molecule has 0 unspecified atom stereocenters. The van der Waals surface area contributed by atoms with Crippen molar-refractivity contribution < 1.29 is 19.5 Å². The lowest BCUT2D eigenvalue weighted by molar-refractivity contribution is -0.243. The molecule has 7 heteroatoms. The van der Waals surface area contributed by atoms with Gasteiger partial charge in [0, 0.05) is 28.7 Å². The van der Waals surface area contributed by atoms with Gasteiger partial charge in [0.25, 0.3) is 0 Å². The molecule has 7 nitrogen and oxygen atoms in total. The summed E-state index contributed by atoms with van der Waals surface area (Å²) in [6, 6.07) is 2.17. The topological polar surface area (TPSA) is 111 Å². The van der Waals surface area contributed by atoms with E-state index in [-0.39, 0.29) is 45.7 Å². The summed E-state index contributed by atoms with van der Waals surface area (Å²) in [6.45, 7) is 20.1. The molecule has 4 fully saturated rings. The zero-order valence-corrected chi connectivity index (χ0v) is 29.6. The minimum Gasteiger partial charge on any atom is -0.381 e. The molecule has 2 N–H and O–H groups in total. The van der Waals surface area contributed by atoms with Crippen LogP contribution in [0.4, 0.5) is 0 Å². The number of rotatable bonds is 4. The summed E-state index contributed by atoms with van der Waals surface area (Å²) in [6.07, 6.45) is 11.7. The minimum absolute atomic E-state index is 0.0321. The van der Waals surface area contributed by atoms with Crippen molar-refractivity contribution in [2.24, 2.45) is 50.2 Å². The Morgan fingerprint density at radius 3 is 2.28 bits per heavy atom. The molecule has 6 rings (SSSR count). The highest BCUT2D eigenvalue weighted by Crippen LogP contribution is 2.75. The van der Waals surface area contributed by atoms with Gasteiger partial charge in [-0.3, -0.25) is 19.3 Å². The third-order valence-electron chi connectivity index (χ3n) is 15.3. The van der Waals surface area contributed by atoms with E-state index in [0.717, 1.165) is 75.9 Å². The monoisotopic (exact) mass is 631 g/mol. The van der Waals surface area contributed by atoms with Crippen molar-refractivity contribution in [1.82, 2.24) is 10.2 Å². The van der Waals surface area contributed by atoms with Crippen LogP contribution in [-0.2, 0) is 14.4 Å². The van der Waals surface area contributed by atoms with Crippen molar-refractivity contribution in [3.63, 3.8) is 0 Å². The Kier molecular flexibility index (Phi) is 7.74. The first-order chi connectivity index (χ1) is 21.3. The number of allylic oxidation sites excluding steroid dienone is 3. The zero-order chi connectivity index (χ0) is 33.7. The fraction of sp³-hybridized carbons (Fsp3) is 0.795. The van der Waals surface area contributed by atoms with Gasteiger partial charge in [-0.2, -0.15) is 5.26 Å². The molecule has 6 aliphatic rings. The molecule has 0 radical (unpaired) electrons. The van der Waals surface area contributed by atoms with E-state index in [4.69, 9.17) is 0 Å².